The van der Waals surface area contributed by atoms with Crippen molar-refractivity contribution in [1.82, 2.24) is 19.6 Å². The van der Waals surface area contributed by atoms with Crippen molar-refractivity contribution < 1.29 is 26.8 Å². The van der Waals surface area contributed by atoms with E-state index < -0.39 is 30.1 Å². The fourth-order valence-electron chi connectivity index (χ4n) is 3.13. The lowest BCUT2D eigenvalue weighted by Crippen LogP contribution is -2.12. The molecule has 0 atom stereocenters. The van der Waals surface area contributed by atoms with Crippen molar-refractivity contribution in [2.24, 2.45) is 0 Å². The van der Waals surface area contributed by atoms with Crippen LogP contribution in [0, 0.1) is 0 Å². The van der Waals surface area contributed by atoms with Crippen LogP contribution in [0.1, 0.15) is 46.1 Å². The largest absolute Gasteiger partial charge is 0.454 e. The summed E-state index contributed by atoms with van der Waals surface area (Å²) >= 11 is 12.3. The number of hydrogen-bond donors (Lipinski definition) is 1. The first-order chi connectivity index (χ1) is 16.2. The Morgan fingerprint density at radius 3 is 2.47 bits per heavy atom. The Bertz CT molecular complexity index is 1320. The van der Waals surface area contributed by atoms with E-state index in [2.05, 4.69) is 15.5 Å². The van der Waals surface area contributed by atoms with E-state index in [9.17, 15) is 22.4 Å². The van der Waals surface area contributed by atoms with Crippen LogP contribution in [-0.4, -0.2) is 25.5 Å². The molecule has 3 heterocycles. The molecule has 0 bridgehead atoms. The molecule has 0 saturated carbocycles. The molecule has 34 heavy (non-hydrogen) atoms. The van der Waals surface area contributed by atoms with E-state index in [1.165, 1.54) is 23.0 Å². The van der Waals surface area contributed by atoms with E-state index in [1.54, 1.807) is 12.1 Å². The predicted molar refractivity (Wildman–Crippen MR) is 116 cm³/mol. The number of anilines is 1. The standard InChI is InChI=1S/C21H15Cl2F4N5O2/c22-13-4-2-1-3-11(13)8-31-10-14(23)20(30-31)28-21(33)17-6-5-12(34-17)9-32-16(19(26)27)7-15(29-32)18(24)25/h1-7,10,18-19H,8-9H2,(H,28,30,33). The first-order valence-corrected chi connectivity index (χ1v) is 10.5. The van der Waals surface area contributed by atoms with Crippen molar-refractivity contribution in [3.63, 3.8) is 0 Å². The minimum atomic E-state index is -3.01. The van der Waals surface area contributed by atoms with Crippen LogP contribution < -0.4 is 5.32 Å². The van der Waals surface area contributed by atoms with Crippen LogP contribution in [0.4, 0.5) is 23.4 Å². The van der Waals surface area contributed by atoms with Crippen LogP contribution in [-0.2, 0) is 13.1 Å². The molecular formula is C21H15Cl2F4N5O2. The number of carbonyl (C=O) groups is 1. The minimum Gasteiger partial charge on any atom is -0.454 e. The van der Waals surface area contributed by atoms with Gasteiger partial charge in [-0.3, -0.25) is 14.2 Å². The molecule has 1 N–H and O–H groups in total. The monoisotopic (exact) mass is 515 g/mol. The second-order valence-electron chi connectivity index (χ2n) is 7.09. The molecular weight excluding hydrogens is 501 g/mol. The van der Waals surface area contributed by atoms with Crippen LogP contribution >= 0.6 is 23.2 Å². The molecule has 3 aromatic heterocycles. The van der Waals surface area contributed by atoms with Gasteiger partial charge in [0.25, 0.3) is 18.8 Å². The Balaban J connectivity index is 1.45. The SMILES string of the molecule is O=C(Nc1nn(Cc2ccccc2Cl)cc1Cl)c1ccc(Cn2nc(C(F)F)cc2C(F)F)o1. The van der Waals surface area contributed by atoms with E-state index in [0.29, 0.717) is 22.3 Å². The summed E-state index contributed by atoms with van der Waals surface area (Å²) in [5, 5.41) is 10.9. The Kier molecular flexibility index (Phi) is 6.94. The summed E-state index contributed by atoms with van der Waals surface area (Å²) in [5.41, 5.74) is -0.663. The van der Waals surface area contributed by atoms with Gasteiger partial charge in [0.05, 0.1) is 13.1 Å². The Labute approximate surface area is 199 Å². The summed E-state index contributed by atoms with van der Waals surface area (Å²) in [6, 6.07) is 10.5. The maximum atomic E-state index is 13.2. The molecule has 0 spiro atoms. The molecule has 0 saturated heterocycles. The van der Waals surface area contributed by atoms with Crippen LogP contribution in [0.15, 0.2) is 53.1 Å². The van der Waals surface area contributed by atoms with Crippen LogP contribution in [0.3, 0.4) is 0 Å². The van der Waals surface area contributed by atoms with E-state index >= 15 is 0 Å². The first-order valence-electron chi connectivity index (χ1n) is 9.71. The van der Waals surface area contributed by atoms with Gasteiger partial charge >= 0.3 is 0 Å². The smallest absolute Gasteiger partial charge is 0.292 e. The number of furan rings is 1. The van der Waals surface area contributed by atoms with Gasteiger partial charge in [0.1, 0.15) is 22.2 Å². The summed E-state index contributed by atoms with van der Waals surface area (Å²) < 4.78 is 59.6. The quantitative estimate of drug-likeness (QED) is 0.283. The Morgan fingerprint density at radius 1 is 1.00 bits per heavy atom. The van der Waals surface area contributed by atoms with Gasteiger partial charge in [0, 0.05) is 11.2 Å². The molecule has 13 heteroatoms. The van der Waals surface area contributed by atoms with Gasteiger partial charge in [0.15, 0.2) is 11.6 Å². The summed E-state index contributed by atoms with van der Waals surface area (Å²) in [6.07, 6.45) is -4.50. The summed E-state index contributed by atoms with van der Waals surface area (Å²) in [5.74, 6) is -0.720. The van der Waals surface area contributed by atoms with Gasteiger partial charge in [-0.2, -0.15) is 10.2 Å². The molecule has 0 unspecified atom stereocenters. The molecule has 7 nitrogen and oxygen atoms in total. The maximum Gasteiger partial charge on any atom is 0.292 e. The third kappa shape index (κ3) is 5.26. The zero-order valence-corrected chi connectivity index (χ0v) is 18.6. The fourth-order valence-corrected chi connectivity index (χ4v) is 3.52. The molecule has 1 amide bonds. The molecule has 0 fully saturated rings. The molecule has 178 valence electrons. The van der Waals surface area contributed by atoms with Gasteiger partial charge in [-0.1, -0.05) is 41.4 Å². The third-order valence-corrected chi connectivity index (χ3v) is 5.35. The van der Waals surface area contributed by atoms with Crippen LogP contribution in [0.2, 0.25) is 10.0 Å². The molecule has 0 aliphatic rings. The fraction of sp³-hybridized carbons (Fsp3) is 0.190. The topological polar surface area (TPSA) is 77.9 Å². The Morgan fingerprint density at radius 2 is 1.76 bits per heavy atom. The van der Waals surface area contributed by atoms with E-state index in [-0.39, 0.29) is 28.9 Å². The number of amides is 1. The number of nitrogens with one attached hydrogen (secondary N) is 1. The second kappa shape index (κ2) is 9.90. The highest BCUT2D eigenvalue weighted by molar-refractivity contribution is 6.33. The average Bonchev–Trinajstić information content (AvgIpc) is 3.50. The van der Waals surface area contributed by atoms with Crippen molar-refractivity contribution in [2.75, 3.05) is 5.32 Å². The molecule has 4 rings (SSSR count). The van der Waals surface area contributed by atoms with Gasteiger partial charge in [-0.25, -0.2) is 17.6 Å². The second-order valence-corrected chi connectivity index (χ2v) is 7.90. The first kappa shape index (κ1) is 23.8. The maximum absolute atomic E-state index is 13.2. The number of rotatable bonds is 8. The van der Waals surface area contributed by atoms with Crippen molar-refractivity contribution in [3.05, 3.63) is 87.2 Å². The third-order valence-electron chi connectivity index (χ3n) is 4.71. The highest BCUT2D eigenvalue weighted by Crippen LogP contribution is 2.26. The van der Waals surface area contributed by atoms with Gasteiger partial charge in [-0.05, 0) is 29.8 Å². The van der Waals surface area contributed by atoms with Crippen LogP contribution in [0.5, 0.6) is 0 Å². The van der Waals surface area contributed by atoms with Gasteiger partial charge in [-0.15, -0.1) is 0 Å². The number of carbonyl (C=O) groups excluding carboxylic acids is 1. The number of nitrogens with zero attached hydrogens (tertiary/aromatic N) is 4. The van der Waals surface area contributed by atoms with Crippen molar-refractivity contribution >= 4 is 34.9 Å². The van der Waals surface area contributed by atoms with Crippen molar-refractivity contribution in [2.45, 2.75) is 25.9 Å². The summed E-state index contributed by atoms with van der Waals surface area (Å²) in [6.45, 7) is -0.0516. The van der Waals surface area contributed by atoms with Gasteiger partial charge in [0.2, 0.25) is 0 Å². The Hall–Kier alpha value is -3.31. The molecule has 0 radical (unpaired) electrons. The number of halogens is 6. The van der Waals surface area contributed by atoms with Crippen molar-refractivity contribution in [3.8, 4) is 0 Å². The van der Waals surface area contributed by atoms with E-state index in [0.717, 1.165) is 5.56 Å². The average molecular weight is 516 g/mol. The highest BCUT2D eigenvalue weighted by Gasteiger charge is 2.22. The number of hydrogen-bond acceptors (Lipinski definition) is 4. The van der Waals surface area contributed by atoms with E-state index in [4.69, 9.17) is 27.6 Å². The molecule has 4 aromatic rings. The zero-order valence-electron chi connectivity index (χ0n) is 17.1. The van der Waals surface area contributed by atoms with Gasteiger partial charge < -0.3 is 9.73 Å². The normalized spacial score (nSPS) is 11.5. The highest BCUT2D eigenvalue weighted by atomic mass is 35.5. The number of benzene rings is 1. The lowest BCUT2D eigenvalue weighted by Gasteiger charge is -2.05. The predicted octanol–water partition coefficient (Wildman–Crippen LogP) is 6.20. The summed E-state index contributed by atoms with van der Waals surface area (Å²) in [7, 11) is 0. The van der Waals surface area contributed by atoms with E-state index in [1.807, 2.05) is 12.1 Å². The van der Waals surface area contributed by atoms with Crippen LogP contribution in [0.25, 0.3) is 0 Å². The lowest BCUT2D eigenvalue weighted by atomic mass is 10.2. The lowest BCUT2D eigenvalue weighted by molar-refractivity contribution is 0.0993. The van der Waals surface area contributed by atoms with Crippen molar-refractivity contribution in [1.29, 1.82) is 0 Å². The minimum absolute atomic E-state index is 0.0614. The molecule has 0 aliphatic carbocycles. The number of aromatic nitrogens is 4. The molecule has 1 aromatic carbocycles. The number of alkyl halides is 4. The molecule has 0 aliphatic heterocycles. The summed E-state index contributed by atoms with van der Waals surface area (Å²) in [4.78, 5) is 12.5. The zero-order chi connectivity index (χ0) is 24.4.